The third-order valence-corrected chi connectivity index (χ3v) is 4.25. The smallest absolute Gasteiger partial charge is 0.137 e. The molecule has 0 radical (unpaired) electrons. The van der Waals surface area contributed by atoms with Gasteiger partial charge in [0.1, 0.15) is 10.5 Å². The highest BCUT2D eigenvalue weighted by molar-refractivity contribution is 7.71. The summed E-state index contributed by atoms with van der Waals surface area (Å²) in [6.07, 6.45) is 7.88. The van der Waals surface area contributed by atoms with E-state index >= 15 is 0 Å². The number of aromatic amines is 1. The fraction of sp³-hybridized carbons (Fsp3) is 0.467. The van der Waals surface area contributed by atoms with Gasteiger partial charge in [0.25, 0.3) is 0 Å². The van der Waals surface area contributed by atoms with Gasteiger partial charge in [0, 0.05) is 17.3 Å². The molecule has 2 aromatic rings. The Hall–Kier alpha value is -1.22. The van der Waals surface area contributed by atoms with Crippen LogP contribution in [0.15, 0.2) is 24.3 Å². The van der Waals surface area contributed by atoms with E-state index < -0.39 is 0 Å². The van der Waals surface area contributed by atoms with Gasteiger partial charge in [-0.05, 0) is 24.5 Å². The van der Waals surface area contributed by atoms with E-state index in [9.17, 15) is 0 Å². The number of aromatic nitrogens is 2. The lowest BCUT2D eigenvalue weighted by Crippen LogP contribution is -2.01. The maximum atomic E-state index is 5.36. The van der Waals surface area contributed by atoms with Crippen LogP contribution in [0.2, 0.25) is 0 Å². The predicted octanol–water partition coefficient (Wildman–Crippen LogP) is 4.42. The number of rotatable bonds is 3. The highest BCUT2D eigenvalue weighted by atomic mass is 32.1. The number of benzene rings is 1. The number of para-hydroxylation sites is 1. The fourth-order valence-corrected chi connectivity index (χ4v) is 3.19. The fourth-order valence-electron chi connectivity index (χ4n) is 2.90. The second kappa shape index (κ2) is 5.19. The molecule has 1 aliphatic rings. The molecule has 2 nitrogen and oxygen atoms in total. The molecule has 1 saturated carbocycles. The van der Waals surface area contributed by atoms with E-state index in [1.54, 1.807) is 0 Å². The normalized spacial score (nSPS) is 16.4. The van der Waals surface area contributed by atoms with E-state index in [4.69, 9.17) is 12.2 Å². The van der Waals surface area contributed by atoms with Crippen LogP contribution in [0.3, 0.4) is 0 Å². The Morgan fingerprint density at radius 2 is 2.00 bits per heavy atom. The minimum Gasteiger partial charge on any atom is -0.343 e. The van der Waals surface area contributed by atoms with Gasteiger partial charge in [-0.1, -0.05) is 50.0 Å². The Kier molecular flexibility index (Phi) is 3.41. The molecule has 1 heterocycles. The van der Waals surface area contributed by atoms with Gasteiger partial charge in [-0.25, -0.2) is 4.98 Å². The summed E-state index contributed by atoms with van der Waals surface area (Å²) < 4.78 is 0.728. The zero-order valence-corrected chi connectivity index (χ0v) is 11.3. The molecule has 0 bridgehead atoms. The van der Waals surface area contributed by atoms with Crippen LogP contribution < -0.4 is 0 Å². The molecule has 0 spiro atoms. The summed E-state index contributed by atoms with van der Waals surface area (Å²) in [5.74, 6) is 1.95. The summed E-state index contributed by atoms with van der Waals surface area (Å²) >= 11 is 5.36. The van der Waals surface area contributed by atoms with E-state index in [1.165, 1.54) is 32.1 Å². The van der Waals surface area contributed by atoms with Crippen molar-refractivity contribution in [3.8, 4) is 0 Å². The van der Waals surface area contributed by atoms with E-state index in [0.29, 0.717) is 0 Å². The summed E-state index contributed by atoms with van der Waals surface area (Å²) in [7, 11) is 0. The molecule has 1 aromatic heterocycles. The molecular formula is C15H18N2S. The summed E-state index contributed by atoms with van der Waals surface area (Å²) in [5, 5.41) is 1.05. The second-order valence-electron chi connectivity index (χ2n) is 5.22. The average molecular weight is 258 g/mol. The minimum absolute atomic E-state index is 0.728. The molecule has 1 N–H and O–H groups in total. The minimum atomic E-state index is 0.728. The van der Waals surface area contributed by atoms with Crippen molar-refractivity contribution in [1.29, 1.82) is 0 Å². The molecule has 94 valence electrons. The average Bonchev–Trinajstić information content (AvgIpc) is 2.90. The van der Waals surface area contributed by atoms with Crippen molar-refractivity contribution in [1.82, 2.24) is 9.97 Å². The Bertz CT molecular complexity index is 597. The Balaban J connectivity index is 1.81. The Labute approximate surface area is 112 Å². The van der Waals surface area contributed by atoms with Crippen molar-refractivity contribution >= 4 is 23.1 Å². The standard InChI is InChI=1S/C15H18N2S/c18-15-12-7-3-4-8-13(12)16-14(17-15)10-9-11-5-1-2-6-11/h3-4,7-8,11H,1-2,5-6,9-10H2,(H,16,17,18). The van der Waals surface area contributed by atoms with Gasteiger partial charge >= 0.3 is 0 Å². The van der Waals surface area contributed by atoms with Gasteiger partial charge in [0.2, 0.25) is 0 Å². The molecule has 0 unspecified atom stereocenters. The van der Waals surface area contributed by atoms with Gasteiger partial charge in [-0.2, -0.15) is 0 Å². The molecule has 0 amide bonds. The lowest BCUT2D eigenvalue weighted by molar-refractivity contribution is 0.497. The maximum absolute atomic E-state index is 5.36. The predicted molar refractivity (Wildman–Crippen MR) is 77.2 cm³/mol. The molecule has 3 rings (SSSR count). The van der Waals surface area contributed by atoms with Crippen molar-refractivity contribution < 1.29 is 0 Å². The van der Waals surface area contributed by atoms with Crippen LogP contribution >= 0.6 is 12.2 Å². The first-order valence-electron chi connectivity index (χ1n) is 6.81. The molecule has 1 aliphatic carbocycles. The SMILES string of the molecule is S=c1nc(CCC2CCCC2)[nH]c2ccccc12. The van der Waals surface area contributed by atoms with E-state index in [-0.39, 0.29) is 0 Å². The highest BCUT2D eigenvalue weighted by Crippen LogP contribution is 2.28. The number of aryl methyl sites for hydroxylation is 1. The van der Waals surface area contributed by atoms with Crippen LogP contribution in [0.5, 0.6) is 0 Å². The first-order valence-corrected chi connectivity index (χ1v) is 7.22. The monoisotopic (exact) mass is 258 g/mol. The van der Waals surface area contributed by atoms with Crippen LogP contribution in [0.4, 0.5) is 0 Å². The van der Waals surface area contributed by atoms with Crippen LogP contribution in [0, 0.1) is 10.6 Å². The first kappa shape index (κ1) is 11.8. The third kappa shape index (κ3) is 2.46. The zero-order chi connectivity index (χ0) is 12.4. The summed E-state index contributed by atoms with van der Waals surface area (Å²) in [4.78, 5) is 7.94. The third-order valence-electron chi connectivity index (χ3n) is 3.94. The number of fused-ring (bicyclic) bond motifs is 1. The molecule has 0 aliphatic heterocycles. The summed E-state index contributed by atoms with van der Waals surface area (Å²) in [5.41, 5.74) is 1.11. The lowest BCUT2D eigenvalue weighted by atomic mass is 10.0. The molecule has 1 aromatic carbocycles. The molecular weight excluding hydrogens is 240 g/mol. The first-order chi connectivity index (χ1) is 8.83. The lowest BCUT2D eigenvalue weighted by Gasteiger charge is -2.08. The van der Waals surface area contributed by atoms with Gasteiger partial charge in [0.05, 0.1) is 0 Å². The zero-order valence-electron chi connectivity index (χ0n) is 10.5. The highest BCUT2D eigenvalue weighted by Gasteiger charge is 2.15. The van der Waals surface area contributed by atoms with Crippen LogP contribution in [-0.4, -0.2) is 9.97 Å². The van der Waals surface area contributed by atoms with E-state index in [1.807, 2.05) is 18.2 Å². The second-order valence-corrected chi connectivity index (χ2v) is 5.61. The van der Waals surface area contributed by atoms with E-state index in [2.05, 4.69) is 16.0 Å². The molecule has 1 fully saturated rings. The number of hydrogen-bond donors (Lipinski definition) is 1. The van der Waals surface area contributed by atoms with Gasteiger partial charge in [-0.15, -0.1) is 0 Å². The van der Waals surface area contributed by atoms with Crippen molar-refractivity contribution in [2.75, 3.05) is 0 Å². The number of H-pyrrole nitrogens is 1. The molecule has 0 saturated heterocycles. The van der Waals surface area contributed by atoms with Crippen LogP contribution in [0.1, 0.15) is 37.9 Å². The van der Waals surface area contributed by atoms with Gasteiger partial charge in [-0.3, -0.25) is 0 Å². The summed E-state index contributed by atoms with van der Waals surface area (Å²) in [6.45, 7) is 0. The Morgan fingerprint density at radius 1 is 1.22 bits per heavy atom. The number of hydrogen-bond acceptors (Lipinski definition) is 2. The van der Waals surface area contributed by atoms with Gasteiger partial charge in [0.15, 0.2) is 0 Å². The topological polar surface area (TPSA) is 28.7 Å². The number of nitrogens with one attached hydrogen (secondary N) is 1. The maximum Gasteiger partial charge on any atom is 0.137 e. The van der Waals surface area contributed by atoms with Crippen LogP contribution in [-0.2, 0) is 6.42 Å². The molecule has 0 atom stereocenters. The Morgan fingerprint density at radius 3 is 2.83 bits per heavy atom. The van der Waals surface area contributed by atoms with E-state index in [0.717, 1.165) is 33.7 Å². The summed E-state index contributed by atoms with van der Waals surface area (Å²) in [6, 6.07) is 8.15. The van der Waals surface area contributed by atoms with Crippen LogP contribution in [0.25, 0.3) is 10.9 Å². The number of nitrogens with zero attached hydrogens (tertiary/aromatic N) is 1. The largest absolute Gasteiger partial charge is 0.343 e. The van der Waals surface area contributed by atoms with Crippen molar-refractivity contribution in [2.24, 2.45) is 5.92 Å². The molecule has 18 heavy (non-hydrogen) atoms. The van der Waals surface area contributed by atoms with Gasteiger partial charge < -0.3 is 4.98 Å². The molecule has 3 heteroatoms. The van der Waals surface area contributed by atoms with Crippen molar-refractivity contribution in [2.45, 2.75) is 38.5 Å². The van der Waals surface area contributed by atoms with Crippen molar-refractivity contribution in [3.63, 3.8) is 0 Å². The quantitative estimate of drug-likeness (QED) is 0.826. The van der Waals surface area contributed by atoms with Crippen molar-refractivity contribution in [3.05, 3.63) is 34.7 Å².